The van der Waals surface area contributed by atoms with E-state index >= 15 is 0 Å². The molecular weight excluding hydrogens is 214 g/mol. The first-order chi connectivity index (χ1) is 7.16. The van der Waals surface area contributed by atoms with Gasteiger partial charge in [0.15, 0.2) is 0 Å². The monoisotopic (exact) mass is 227 g/mol. The van der Waals surface area contributed by atoms with Gasteiger partial charge >= 0.3 is 5.69 Å². The fourth-order valence-corrected chi connectivity index (χ4v) is 1.49. The van der Waals surface area contributed by atoms with Crippen LogP contribution in [0.2, 0.25) is 0 Å². The number of hydrogen-bond donors (Lipinski definition) is 1. The molecule has 0 aromatic carbocycles. The van der Waals surface area contributed by atoms with Crippen molar-refractivity contribution in [3.8, 4) is 0 Å². The van der Waals surface area contributed by atoms with Gasteiger partial charge in [0, 0.05) is 24.1 Å². The average Bonchev–Trinajstić information content (AvgIpc) is 2.17. The lowest BCUT2D eigenvalue weighted by Crippen LogP contribution is -2.08. The van der Waals surface area contributed by atoms with E-state index in [2.05, 4.69) is 10.3 Å². The topological polar surface area (TPSA) is 68.1 Å². The molecule has 1 aromatic rings. The largest absolute Gasteiger partial charge is 0.364 e. The molecule has 1 heterocycles. The third-order valence-electron chi connectivity index (χ3n) is 1.91. The van der Waals surface area contributed by atoms with E-state index in [1.807, 2.05) is 6.26 Å². The molecule has 0 saturated heterocycles. The van der Waals surface area contributed by atoms with Crippen molar-refractivity contribution in [3.05, 3.63) is 27.9 Å². The summed E-state index contributed by atoms with van der Waals surface area (Å²) in [5.41, 5.74) is 0.695. The van der Waals surface area contributed by atoms with Crippen LogP contribution in [-0.4, -0.2) is 28.5 Å². The Morgan fingerprint density at radius 3 is 3.00 bits per heavy atom. The molecule has 0 amide bonds. The number of hydrogen-bond acceptors (Lipinski definition) is 5. The molecule has 0 aliphatic heterocycles. The lowest BCUT2D eigenvalue weighted by molar-refractivity contribution is -0.384. The molecular formula is C9H13N3O2S. The van der Waals surface area contributed by atoms with Crippen LogP contribution in [0.4, 0.5) is 11.5 Å². The third-order valence-corrected chi connectivity index (χ3v) is 2.52. The van der Waals surface area contributed by atoms with E-state index in [1.165, 1.54) is 0 Å². The van der Waals surface area contributed by atoms with Crippen LogP contribution in [0.3, 0.4) is 0 Å². The van der Waals surface area contributed by atoms with Crippen LogP contribution in [0.25, 0.3) is 0 Å². The molecule has 0 fully saturated rings. The molecule has 15 heavy (non-hydrogen) atoms. The van der Waals surface area contributed by atoms with Gasteiger partial charge in [0.05, 0.1) is 4.92 Å². The van der Waals surface area contributed by atoms with E-state index in [-0.39, 0.29) is 5.69 Å². The molecule has 0 spiro atoms. The number of aromatic nitrogens is 1. The standard InChI is InChI=1S/C9H13N3O2S/c1-7-3-4-10-9(8(7)12(13)14)11-5-6-15-2/h3-4H,5-6H2,1-2H3,(H,10,11). The highest BCUT2D eigenvalue weighted by Crippen LogP contribution is 2.25. The first kappa shape index (κ1) is 11.8. The minimum absolute atomic E-state index is 0.0682. The number of anilines is 1. The fourth-order valence-electron chi connectivity index (χ4n) is 1.18. The van der Waals surface area contributed by atoms with Gasteiger partial charge in [0.1, 0.15) is 0 Å². The van der Waals surface area contributed by atoms with Crippen LogP contribution in [-0.2, 0) is 0 Å². The van der Waals surface area contributed by atoms with Crippen LogP contribution in [0.15, 0.2) is 12.3 Å². The molecule has 0 aliphatic carbocycles. The zero-order chi connectivity index (χ0) is 11.3. The van der Waals surface area contributed by atoms with Crippen LogP contribution >= 0.6 is 11.8 Å². The summed E-state index contributed by atoms with van der Waals surface area (Å²) in [6, 6.07) is 1.64. The molecule has 6 heteroatoms. The molecule has 0 radical (unpaired) electrons. The summed E-state index contributed by atoms with van der Waals surface area (Å²) in [6.07, 6.45) is 3.56. The minimum Gasteiger partial charge on any atom is -0.364 e. The Bertz CT molecular complexity index is 357. The first-order valence-corrected chi connectivity index (χ1v) is 5.89. The van der Waals surface area contributed by atoms with E-state index in [0.717, 1.165) is 5.75 Å². The van der Waals surface area contributed by atoms with Crippen LogP contribution in [0.5, 0.6) is 0 Å². The van der Waals surface area contributed by atoms with Gasteiger partial charge < -0.3 is 5.32 Å². The maximum absolute atomic E-state index is 10.8. The van der Waals surface area contributed by atoms with Crippen molar-refractivity contribution in [1.29, 1.82) is 0 Å². The van der Waals surface area contributed by atoms with E-state index in [0.29, 0.717) is 17.9 Å². The van der Waals surface area contributed by atoms with Gasteiger partial charge in [-0.3, -0.25) is 10.1 Å². The lowest BCUT2D eigenvalue weighted by Gasteiger charge is -2.06. The number of rotatable bonds is 5. The number of nitro groups is 1. The maximum Gasteiger partial charge on any atom is 0.314 e. The predicted octanol–water partition coefficient (Wildman–Crippen LogP) is 2.07. The van der Waals surface area contributed by atoms with Crippen molar-refractivity contribution in [2.75, 3.05) is 23.9 Å². The van der Waals surface area contributed by atoms with Gasteiger partial charge in [-0.2, -0.15) is 11.8 Å². The van der Waals surface area contributed by atoms with E-state index < -0.39 is 4.92 Å². The van der Waals surface area contributed by atoms with Gasteiger partial charge in [-0.1, -0.05) is 0 Å². The Morgan fingerprint density at radius 1 is 1.67 bits per heavy atom. The van der Waals surface area contributed by atoms with Crippen molar-refractivity contribution < 1.29 is 4.92 Å². The van der Waals surface area contributed by atoms with Crippen molar-refractivity contribution in [2.45, 2.75) is 6.92 Å². The summed E-state index contributed by atoms with van der Waals surface area (Å²) in [7, 11) is 0. The Labute approximate surface area is 92.4 Å². The highest BCUT2D eigenvalue weighted by molar-refractivity contribution is 7.98. The smallest absolute Gasteiger partial charge is 0.314 e. The van der Waals surface area contributed by atoms with Gasteiger partial charge in [-0.15, -0.1) is 0 Å². The molecule has 0 bridgehead atoms. The molecule has 1 aromatic heterocycles. The second kappa shape index (κ2) is 5.55. The Kier molecular flexibility index (Phi) is 4.36. The molecule has 0 aliphatic rings. The molecule has 0 atom stereocenters. The number of nitrogens with one attached hydrogen (secondary N) is 1. The highest BCUT2D eigenvalue weighted by atomic mass is 32.2. The molecule has 1 N–H and O–H groups in total. The third kappa shape index (κ3) is 3.09. The average molecular weight is 227 g/mol. The van der Waals surface area contributed by atoms with Crippen molar-refractivity contribution in [2.24, 2.45) is 0 Å². The zero-order valence-electron chi connectivity index (χ0n) is 8.69. The Morgan fingerprint density at radius 2 is 2.40 bits per heavy atom. The van der Waals surface area contributed by atoms with Crippen LogP contribution in [0, 0.1) is 17.0 Å². The Hall–Kier alpha value is -1.30. The molecule has 0 unspecified atom stereocenters. The number of aryl methyl sites for hydroxylation is 1. The highest BCUT2D eigenvalue weighted by Gasteiger charge is 2.17. The molecule has 82 valence electrons. The van der Waals surface area contributed by atoms with Gasteiger partial charge in [0.2, 0.25) is 5.82 Å². The molecule has 5 nitrogen and oxygen atoms in total. The van der Waals surface area contributed by atoms with Crippen molar-refractivity contribution in [3.63, 3.8) is 0 Å². The summed E-state index contributed by atoms with van der Waals surface area (Å²) < 4.78 is 0. The second-order valence-corrected chi connectivity index (χ2v) is 3.99. The quantitative estimate of drug-likeness (QED) is 0.474. The maximum atomic E-state index is 10.8. The van der Waals surface area contributed by atoms with Crippen LogP contribution < -0.4 is 5.32 Å². The SMILES string of the molecule is CSCCNc1nccc(C)c1[N+](=O)[O-]. The van der Waals surface area contributed by atoms with E-state index in [4.69, 9.17) is 0 Å². The molecule has 0 saturated carbocycles. The minimum atomic E-state index is -0.399. The van der Waals surface area contributed by atoms with E-state index in [1.54, 1.807) is 30.9 Å². The van der Waals surface area contributed by atoms with Crippen LogP contribution in [0.1, 0.15) is 5.56 Å². The fraction of sp³-hybridized carbons (Fsp3) is 0.444. The van der Waals surface area contributed by atoms with Gasteiger partial charge in [-0.05, 0) is 19.2 Å². The molecule has 1 rings (SSSR count). The number of thioether (sulfide) groups is 1. The number of pyridine rings is 1. The number of nitrogens with zero attached hydrogens (tertiary/aromatic N) is 2. The summed E-state index contributed by atoms with van der Waals surface area (Å²) in [4.78, 5) is 14.4. The van der Waals surface area contributed by atoms with Gasteiger partial charge in [0.25, 0.3) is 0 Å². The normalized spacial score (nSPS) is 10.0. The van der Waals surface area contributed by atoms with Crippen molar-refractivity contribution >= 4 is 23.3 Å². The zero-order valence-corrected chi connectivity index (χ0v) is 9.50. The summed E-state index contributed by atoms with van der Waals surface area (Å²) >= 11 is 1.68. The summed E-state index contributed by atoms with van der Waals surface area (Å²) in [5, 5.41) is 13.8. The van der Waals surface area contributed by atoms with Crippen molar-refractivity contribution in [1.82, 2.24) is 4.98 Å². The summed E-state index contributed by atoms with van der Waals surface area (Å²) in [5.74, 6) is 1.25. The lowest BCUT2D eigenvalue weighted by atomic mass is 10.2. The summed E-state index contributed by atoms with van der Waals surface area (Å²) in [6.45, 7) is 2.39. The Balaban J connectivity index is 2.86. The van der Waals surface area contributed by atoms with E-state index in [9.17, 15) is 10.1 Å². The second-order valence-electron chi connectivity index (χ2n) is 3.00. The van der Waals surface area contributed by atoms with Gasteiger partial charge in [-0.25, -0.2) is 4.98 Å². The predicted molar refractivity (Wildman–Crippen MR) is 62.5 cm³/mol. The first-order valence-electron chi connectivity index (χ1n) is 4.49.